The van der Waals surface area contributed by atoms with Crippen molar-refractivity contribution in [1.82, 2.24) is 9.62 Å². The lowest BCUT2D eigenvalue weighted by atomic mass is 9.98. The van der Waals surface area contributed by atoms with Crippen molar-refractivity contribution in [3.05, 3.63) is 34.6 Å². The van der Waals surface area contributed by atoms with Gasteiger partial charge in [-0.15, -0.1) is 0 Å². The van der Waals surface area contributed by atoms with E-state index < -0.39 is 46.3 Å². The first-order valence-corrected chi connectivity index (χ1v) is 10.7. The van der Waals surface area contributed by atoms with Gasteiger partial charge < -0.3 is 4.90 Å². The zero-order valence-corrected chi connectivity index (χ0v) is 16.2. The van der Waals surface area contributed by atoms with Gasteiger partial charge in [-0.3, -0.25) is 4.79 Å². The predicted molar refractivity (Wildman–Crippen MR) is 94.7 cm³/mol. The molecule has 2 atom stereocenters. The Morgan fingerprint density at radius 1 is 1.37 bits per heavy atom. The number of halogens is 4. The van der Waals surface area contributed by atoms with Crippen LogP contribution in [0.1, 0.15) is 25.3 Å². The molecular weight excluding hydrogens is 405 g/mol. The topological polar surface area (TPSA) is 66.5 Å². The molecule has 2 aliphatic rings. The van der Waals surface area contributed by atoms with E-state index in [-0.39, 0.29) is 28.7 Å². The Hall–Kier alpha value is -1.32. The minimum Gasteiger partial charge on any atom is -0.331 e. The standard InChI is InChI=1S/C17H20ClF3N2O3S/c1-2-27(25,26)22-15-13(8-11-4-3-5-12(18)14(11)19)23(9-17(15,20)21)16(24)10-6-7-10/h3-5,10,13,15,22H,2,6-9H2,1H3/t13-,15+/m0/s1. The molecule has 1 saturated carbocycles. The van der Waals surface area contributed by atoms with Gasteiger partial charge in [0.25, 0.3) is 5.92 Å². The molecule has 0 radical (unpaired) electrons. The number of hydrogen-bond acceptors (Lipinski definition) is 3. The van der Waals surface area contributed by atoms with Crippen LogP contribution in [-0.2, 0) is 21.2 Å². The highest BCUT2D eigenvalue weighted by Gasteiger charge is 2.58. The fourth-order valence-corrected chi connectivity index (χ4v) is 4.39. The largest absolute Gasteiger partial charge is 0.331 e. The quantitative estimate of drug-likeness (QED) is 0.763. The van der Waals surface area contributed by atoms with Crippen molar-refractivity contribution >= 4 is 27.5 Å². The third-order valence-corrected chi connectivity index (χ3v) is 6.64. The SMILES string of the molecule is CCS(=O)(=O)N[C@@H]1[C@H](Cc2cccc(Cl)c2F)N(C(=O)C2CC2)CC1(F)F. The van der Waals surface area contributed by atoms with Crippen molar-refractivity contribution in [1.29, 1.82) is 0 Å². The first kappa shape index (κ1) is 20.4. The Labute approximate surface area is 160 Å². The normalized spacial score (nSPS) is 25.0. The van der Waals surface area contributed by atoms with Crippen LogP contribution in [0.2, 0.25) is 5.02 Å². The van der Waals surface area contributed by atoms with Gasteiger partial charge in [-0.2, -0.15) is 0 Å². The second-order valence-corrected chi connectivity index (χ2v) is 9.43. The summed E-state index contributed by atoms with van der Waals surface area (Å²) >= 11 is 5.76. The summed E-state index contributed by atoms with van der Waals surface area (Å²) in [6.45, 7) is 0.431. The molecule has 3 rings (SSSR count). The third kappa shape index (κ3) is 4.25. The smallest absolute Gasteiger partial charge is 0.283 e. The molecule has 2 fully saturated rings. The van der Waals surface area contributed by atoms with E-state index in [1.54, 1.807) is 0 Å². The summed E-state index contributed by atoms with van der Waals surface area (Å²) in [6.07, 6.45) is 0.965. The molecule has 0 aromatic heterocycles. The fourth-order valence-electron chi connectivity index (χ4n) is 3.31. The zero-order chi connectivity index (χ0) is 20.0. The van der Waals surface area contributed by atoms with Crippen LogP contribution in [0.15, 0.2) is 18.2 Å². The number of carbonyl (C=O) groups excluding carboxylic acids is 1. The number of sulfonamides is 1. The maximum Gasteiger partial charge on any atom is 0.283 e. The first-order chi connectivity index (χ1) is 12.6. The van der Waals surface area contributed by atoms with Gasteiger partial charge in [0.05, 0.1) is 23.4 Å². The van der Waals surface area contributed by atoms with Crippen molar-refractivity contribution < 1.29 is 26.4 Å². The predicted octanol–water partition coefficient (Wildman–Crippen LogP) is 2.59. The van der Waals surface area contributed by atoms with Crippen LogP contribution in [0, 0.1) is 11.7 Å². The molecular formula is C17H20ClF3N2O3S. The monoisotopic (exact) mass is 424 g/mol. The summed E-state index contributed by atoms with van der Waals surface area (Å²) in [5, 5.41) is -0.164. The number of nitrogens with zero attached hydrogens (tertiary/aromatic N) is 1. The number of amides is 1. The third-order valence-electron chi connectivity index (χ3n) is 4.98. The molecule has 1 aliphatic carbocycles. The number of likely N-dealkylation sites (tertiary alicyclic amines) is 1. The molecule has 1 aliphatic heterocycles. The Bertz CT molecular complexity index is 846. The van der Waals surface area contributed by atoms with Gasteiger partial charge in [-0.1, -0.05) is 23.7 Å². The van der Waals surface area contributed by atoms with Gasteiger partial charge in [0.1, 0.15) is 11.9 Å². The fraction of sp³-hybridized carbons (Fsp3) is 0.588. The average Bonchev–Trinajstić information content (AvgIpc) is 3.41. The Morgan fingerprint density at radius 3 is 2.63 bits per heavy atom. The summed E-state index contributed by atoms with van der Waals surface area (Å²) in [7, 11) is -3.96. The number of benzene rings is 1. The van der Waals surface area contributed by atoms with E-state index in [1.165, 1.54) is 25.1 Å². The minimum atomic E-state index is -3.96. The van der Waals surface area contributed by atoms with Gasteiger partial charge in [0.2, 0.25) is 15.9 Å². The molecule has 0 unspecified atom stereocenters. The lowest BCUT2D eigenvalue weighted by molar-refractivity contribution is -0.134. The van der Waals surface area contributed by atoms with E-state index >= 15 is 0 Å². The van der Waals surface area contributed by atoms with Crippen LogP contribution >= 0.6 is 11.6 Å². The van der Waals surface area contributed by atoms with Gasteiger partial charge in [0, 0.05) is 5.92 Å². The van der Waals surface area contributed by atoms with Crippen molar-refractivity contribution in [3.8, 4) is 0 Å². The van der Waals surface area contributed by atoms with Crippen LogP contribution in [0.3, 0.4) is 0 Å². The summed E-state index contributed by atoms with van der Waals surface area (Å²) < 4.78 is 69.5. The summed E-state index contributed by atoms with van der Waals surface area (Å²) in [4.78, 5) is 13.5. The van der Waals surface area contributed by atoms with Crippen molar-refractivity contribution in [3.63, 3.8) is 0 Å². The summed E-state index contributed by atoms with van der Waals surface area (Å²) in [5.41, 5.74) is 0.0551. The maximum absolute atomic E-state index is 14.7. The van der Waals surface area contributed by atoms with Crippen molar-refractivity contribution in [2.24, 2.45) is 5.92 Å². The number of nitrogens with one attached hydrogen (secondary N) is 1. The Kier molecular flexibility index (Phi) is 5.48. The van der Waals surface area contributed by atoms with Gasteiger partial charge in [-0.05, 0) is 37.8 Å². The zero-order valence-electron chi connectivity index (χ0n) is 14.6. The molecule has 1 heterocycles. The molecule has 0 bridgehead atoms. The second kappa shape index (κ2) is 7.25. The van der Waals surface area contributed by atoms with Crippen molar-refractivity contribution in [2.75, 3.05) is 12.3 Å². The van der Waals surface area contributed by atoms with E-state index in [0.29, 0.717) is 12.8 Å². The molecule has 10 heteroatoms. The average molecular weight is 425 g/mol. The lowest BCUT2D eigenvalue weighted by Crippen LogP contribution is -2.52. The molecule has 1 saturated heterocycles. The number of rotatable bonds is 6. The first-order valence-electron chi connectivity index (χ1n) is 8.67. The minimum absolute atomic E-state index is 0.0551. The summed E-state index contributed by atoms with van der Waals surface area (Å²) in [6, 6.07) is 1.16. The highest BCUT2D eigenvalue weighted by molar-refractivity contribution is 7.89. The second-order valence-electron chi connectivity index (χ2n) is 6.98. The van der Waals surface area contributed by atoms with E-state index in [9.17, 15) is 26.4 Å². The van der Waals surface area contributed by atoms with Gasteiger partial charge in [0.15, 0.2) is 0 Å². The highest BCUT2D eigenvalue weighted by Crippen LogP contribution is 2.40. The molecule has 0 spiro atoms. The van der Waals surface area contributed by atoms with E-state index in [0.717, 1.165) is 4.90 Å². The molecule has 27 heavy (non-hydrogen) atoms. The molecule has 1 N–H and O–H groups in total. The van der Waals surface area contributed by atoms with Crippen LogP contribution in [0.25, 0.3) is 0 Å². The highest BCUT2D eigenvalue weighted by atomic mass is 35.5. The number of alkyl halides is 2. The number of hydrogen-bond donors (Lipinski definition) is 1. The van der Waals surface area contributed by atoms with E-state index in [4.69, 9.17) is 11.6 Å². The van der Waals surface area contributed by atoms with Crippen molar-refractivity contribution in [2.45, 2.75) is 44.2 Å². The number of carbonyl (C=O) groups is 1. The Balaban J connectivity index is 1.97. The van der Waals surface area contributed by atoms with E-state index in [1.807, 2.05) is 4.72 Å². The van der Waals surface area contributed by atoms with E-state index in [2.05, 4.69) is 0 Å². The van der Waals surface area contributed by atoms with Crippen LogP contribution < -0.4 is 4.72 Å². The Morgan fingerprint density at radius 2 is 2.04 bits per heavy atom. The molecule has 1 amide bonds. The molecule has 1 aromatic rings. The molecule has 150 valence electrons. The van der Waals surface area contributed by atoms with Crippen LogP contribution in [0.4, 0.5) is 13.2 Å². The van der Waals surface area contributed by atoms with Crippen LogP contribution in [-0.4, -0.2) is 49.5 Å². The van der Waals surface area contributed by atoms with Gasteiger partial charge in [-0.25, -0.2) is 26.3 Å². The molecule has 1 aromatic carbocycles. The van der Waals surface area contributed by atoms with Crippen LogP contribution in [0.5, 0.6) is 0 Å². The summed E-state index contributed by atoms with van der Waals surface area (Å²) in [5.74, 6) is -5.37. The lowest BCUT2D eigenvalue weighted by Gasteiger charge is -2.28. The van der Waals surface area contributed by atoms with Gasteiger partial charge >= 0.3 is 0 Å². The molecule has 5 nitrogen and oxygen atoms in total. The maximum atomic E-state index is 14.7.